The lowest BCUT2D eigenvalue weighted by Crippen LogP contribution is -2.51. The third-order valence-electron chi connectivity index (χ3n) is 8.71. The van der Waals surface area contributed by atoms with Crippen LogP contribution in [0.15, 0.2) is 69.8 Å². The van der Waals surface area contributed by atoms with E-state index >= 15 is 0 Å². The minimum absolute atomic E-state index is 0.0967. The summed E-state index contributed by atoms with van der Waals surface area (Å²) in [7, 11) is -3.88. The number of benzene rings is 1. The molecule has 0 bridgehead atoms. The van der Waals surface area contributed by atoms with Gasteiger partial charge in [0.15, 0.2) is 0 Å². The molecule has 2 fully saturated rings. The van der Waals surface area contributed by atoms with Gasteiger partial charge in [-0.15, -0.1) is 0 Å². The van der Waals surface area contributed by atoms with Crippen LogP contribution in [0.5, 0.6) is 0 Å². The summed E-state index contributed by atoms with van der Waals surface area (Å²) in [5, 5.41) is 8.62. The van der Waals surface area contributed by atoms with E-state index in [4.69, 9.17) is 9.26 Å². The van der Waals surface area contributed by atoms with Gasteiger partial charge in [-0.3, -0.25) is 0 Å². The van der Waals surface area contributed by atoms with Gasteiger partial charge in [0.25, 0.3) is 0 Å². The van der Waals surface area contributed by atoms with E-state index in [2.05, 4.69) is 21.3 Å². The molecule has 5 heterocycles. The van der Waals surface area contributed by atoms with Crippen molar-refractivity contribution in [1.82, 2.24) is 24.2 Å². The first-order valence-corrected chi connectivity index (χ1v) is 16.0. The van der Waals surface area contributed by atoms with Crippen LogP contribution < -0.4 is 4.90 Å². The molecule has 2 aliphatic heterocycles. The van der Waals surface area contributed by atoms with Crippen molar-refractivity contribution in [3.05, 3.63) is 89.0 Å². The highest BCUT2D eigenvalue weighted by atomic mass is 32.2. The molecular formula is C31H32F2N6O4S. The molecule has 0 radical (unpaired) electrons. The number of halogens is 2. The Hall–Kier alpha value is -3.94. The lowest BCUT2D eigenvalue weighted by atomic mass is 9.69. The normalized spacial score (nSPS) is 22.1. The zero-order chi connectivity index (χ0) is 30.5. The van der Waals surface area contributed by atoms with Crippen LogP contribution in [-0.4, -0.2) is 71.6 Å². The molecular weight excluding hydrogens is 590 g/mol. The van der Waals surface area contributed by atoms with Crippen molar-refractivity contribution in [3.8, 4) is 5.69 Å². The van der Waals surface area contributed by atoms with Gasteiger partial charge in [-0.05, 0) is 74.2 Å². The second-order valence-electron chi connectivity index (χ2n) is 11.8. The summed E-state index contributed by atoms with van der Waals surface area (Å²) in [6, 6.07) is 11.2. The number of hydrogen-bond donors (Lipinski definition) is 0. The van der Waals surface area contributed by atoms with Crippen LogP contribution in [-0.2, 0) is 27.8 Å². The van der Waals surface area contributed by atoms with Crippen LogP contribution in [0.2, 0.25) is 0 Å². The number of piperidine rings is 1. The van der Waals surface area contributed by atoms with Crippen molar-refractivity contribution in [2.75, 3.05) is 37.7 Å². The zero-order valence-corrected chi connectivity index (χ0v) is 25.0. The molecule has 2 saturated heterocycles. The number of hydrogen-bond acceptors (Lipinski definition) is 8. The number of anilines is 1. The third kappa shape index (κ3) is 5.33. The summed E-state index contributed by atoms with van der Waals surface area (Å²) in [4.78, 5) is 6.30. The summed E-state index contributed by atoms with van der Waals surface area (Å²) in [5.74, 6) is 0.926. The van der Waals surface area contributed by atoms with Gasteiger partial charge in [0, 0.05) is 37.3 Å². The van der Waals surface area contributed by atoms with E-state index in [1.807, 2.05) is 17.9 Å². The molecule has 0 unspecified atom stereocenters. The number of pyridine rings is 1. The van der Waals surface area contributed by atoms with Crippen LogP contribution >= 0.6 is 0 Å². The highest BCUT2D eigenvalue weighted by Gasteiger charge is 2.46. The summed E-state index contributed by atoms with van der Waals surface area (Å²) >= 11 is 0. The number of aryl methyl sites for hydroxylation is 1. The van der Waals surface area contributed by atoms with Crippen LogP contribution in [0.25, 0.3) is 11.8 Å². The number of aromatic nitrogens is 4. The molecule has 13 heteroatoms. The maximum absolute atomic E-state index is 13.9. The molecule has 1 aliphatic carbocycles. The second kappa shape index (κ2) is 11.2. The Morgan fingerprint density at radius 1 is 1.14 bits per heavy atom. The predicted octanol–water partition coefficient (Wildman–Crippen LogP) is 4.49. The third-order valence-corrected chi connectivity index (χ3v) is 10.5. The smallest absolute Gasteiger partial charge is 0.244 e. The van der Waals surface area contributed by atoms with Crippen molar-refractivity contribution in [1.29, 1.82) is 0 Å². The summed E-state index contributed by atoms with van der Waals surface area (Å²) in [5.41, 5.74) is 3.66. The maximum Gasteiger partial charge on any atom is 0.244 e. The highest BCUT2D eigenvalue weighted by molar-refractivity contribution is 7.89. The Bertz CT molecular complexity index is 1810. The minimum atomic E-state index is -3.88. The van der Waals surface area contributed by atoms with Crippen molar-refractivity contribution in [2.45, 2.75) is 43.9 Å². The van der Waals surface area contributed by atoms with Gasteiger partial charge in [-0.25, -0.2) is 26.9 Å². The van der Waals surface area contributed by atoms with E-state index in [-0.39, 0.29) is 43.6 Å². The van der Waals surface area contributed by atoms with Crippen LogP contribution in [0.4, 0.5) is 14.6 Å². The van der Waals surface area contributed by atoms with E-state index in [0.29, 0.717) is 43.1 Å². The molecule has 4 aromatic rings. The molecule has 0 spiro atoms. The molecule has 3 aliphatic rings. The largest absolute Gasteiger partial charge is 0.374 e. The molecule has 230 valence electrons. The highest BCUT2D eigenvalue weighted by Crippen LogP contribution is 2.45. The van der Waals surface area contributed by atoms with E-state index in [1.165, 1.54) is 22.6 Å². The van der Waals surface area contributed by atoms with Crippen molar-refractivity contribution in [2.24, 2.45) is 5.41 Å². The molecule has 7 rings (SSSR count). The summed E-state index contributed by atoms with van der Waals surface area (Å²) in [6.45, 7) is 3.60. The van der Waals surface area contributed by atoms with Gasteiger partial charge < -0.3 is 14.2 Å². The number of alkyl halides is 1. The first-order chi connectivity index (χ1) is 21.2. The van der Waals surface area contributed by atoms with Crippen LogP contribution in [0, 0.1) is 18.2 Å². The molecule has 10 nitrogen and oxygen atoms in total. The van der Waals surface area contributed by atoms with Gasteiger partial charge in [0.2, 0.25) is 10.0 Å². The van der Waals surface area contributed by atoms with Gasteiger partial charge in [-0.2, -0.15) is 9.40 Å². The fourth-order valence-corrected chi connectivity index (χ4v) is 7.91. The molecule has 0 amide bonds. The SMILES string of the molecule is Cc1cc(COC[C@]23Cc4cnn(-c5ccc(F)cc5)c4C=C2CCN(S(=O)(=O)c2ccc(N4CC[C@@H](F)C4)nc2)C3)no1. The van der Waals surface area contributed by atoms with Gasteiger partial charge in [0.1, 0.15) is 34.2 Å². The van der Waals surface area contributed by atoms with Crippen molar-refractivity contribution >= 4 is 21.9 Å². The maximum atomic E-state index is 13.9. The monoisotopic (exact) mass is 622 g/mol. The van der Waals surface area contributed by atoms with Crippen molar-refractivity contribution in [3.63, 3.8) is 0 Å². The van der Waals surface area contributed by atoms with E-state index < -0.39 is 21.6 Å². The van der Waals surface area contributed by atoms with E-state index in [0.717, 1.165) is 22.5 Å². The fourth-order valence-electron chi connectivity index (χ4n) is 6.44. The first kappa shape index (κ1) is 28.8. The standard InChI is InChI=1S/C31H32F2N6O4S/c1-21-12-26(36-43-21)18-42-20-31-14-22-15-35-39(27-4-2-24(32)3-5-27)29(22)13-23(31)8-11-38(19-31)44(40,41)28-6-7-30(34-16-28)37-10-9-25(33)17-37/h2-7,12-13,15-16,25H,8-11,14,17-20H2,1H3/t25-,31-/m1/s1. The Kier molecular flexibility index (Phi) is 7.34. The molecule has 2 atom stereocenters. The topological polar surface area (TPSA) is 107 Å². The van der Waals surface area contributed by atoms with Gasteiger partial charge >= 0.3 is 0 Å². The zero-order valence-electron chi connectivity index (χ0n) is 24.2. The average Bonchev–Trinajstić information content (AvgIpc) is 3.76. The van der Waals surface area contributed by atoms with Crippen LogP contribution in [0.1, 0.15) is 35.6 Å². The second-order valence-corrected chi connectivity index (χ2v) is 13.7. The molecule has 44 heavy (non-hydrogen) atoms. The quantitative estimate of drug-likeness (QED) is 0.283. The van der Waals surface area contributed by atoms with Crippen molar-refractivity contribution < 1.29 is 26.5 Å². The Balaban J connectivity index is 1.17. The molecule has 0 saturated carbocycles. The number of fused-ring (bicyclic) bond motifs is 2. The minimum Gasteiger partial charge on any atom is -0.374 e. The predicted molar refractivity (Wildman–Crippen MR) is 158 cm³/mol. The summed E-state index contributed by atoms with van der Waals surface area (Å²) in [6.07, 6.45) is 5.77. The average molecular weight is 623 g/mol. The Morgan fingerprint density at radius 2 is 1.98 bits per heavy atom. The number of sulfonamides is 1. The molecule has 0 N–H and O–H groups in total. The fraction of sp³-hybridized carbons (Fsp3) is 0.387. The first-order valence-electron chi connectivity index (χ1n) is 14.6. The lowest BCUT2D eigenvalue weighted by Gasteiger charge is -2.45. The van der Waals surface area contributed by atoms with E-state index in [9.17, 15) is 17.2 Å². The number of nitrogens with zero attached hydrogens (tertiary/aromatic N) is 6. The van der Waals surface area contributed by atoms with Crippen LogP contribution in [0.3, 0.4) is 0 Å². The van der Waals surface area contributed by atoms with E-state index in [1.54, 1.807) is 35.1 Å². The lowest BCUT2D eigenvalue weighted by molar-refractivity contribution is 0.0294. The number of ether oxygens (including phenoxy) is 1. The summed E-state index contributed by atoms with van der Waals surface area (Å²) < 4.78 is 69.8. The molecule has 1 aromatic carbocycles. The molecule has 3 aromatic heterocycles. The Labute approximate surface area is 254 Å². The van der Waals surface area contributed by atoms with Gasteiger partial charge in [-0.1, -0.05) is 10.7 Å². The van der Waals surface area contributed by atoms with Gasteiger partial charge in [0.05, 0.1) is 37.3 Å². The number of rotatable bonds is 8. The Morgan fingerprint density at radius 3 is 2.68 bits per heavy atom.